The number of hydrogen-bond donors (Lipinski definition) is 1. The van der Waals surface area contributed by atoms with Gasteiger partial charge in [0, 0.05) is 19.2 Å². The van der Waals surface area contributed by atoms with Crippen LogP contribution in [-0.2, 0) is 17.8 Å². The Morgan fingerprint density at radius 2 is 2.13 bits per heavy atom. The predicted octanol–water partition coefficient (Wildman–Crippen LogP) is 2.58. The van der Waals surface area contributed by atoms with Crippen molar-refractivity contribution >= 4 is 5.97 Å². The molecule has 1 aliphatic heterocycles. The van der Waals surface area contributed by atoms with Gasteiger partial charge in [-0.05, 0) is 36.1 Å². The highest BCUT2D eigenvalue weighted by molar-refractivity contribution is 5.76. The SMILES string of the molecule is COc1cccc(CN2CCc3c(C)cccc3C2C(=O)O)n1. The third-order valence-electron chi connectivity index (χ3n) is 4.34. The Morgan fingerprint density at radius 1 is 1.35 bits per heavy atom. The van der Waals surface area contributed by atoms with E-state index in [9.17, 15) is 9.90 Å². The van der Waals surface area contributed by atoms with Gasteiger partial charge in [-0.15, -0.1) is 0 Å². The number of methoxy groups -OCH3 is 1. The van der Waals surface area contributed by atoms with Crippen molar-refractivity contribution in [2.45, 2.75) is 25.9 Å². The summed E-state index contributed by atoms with van der Waals surface area (Å²) in [4.78, 5) is 18.2. The molecule has 23 heavy (non-hydrogen) atoms. The largest absolute Gasteiger partial charge is 0.481 e. The molecule has 3 rings (SSSR count). The number of aromatic nitrogens is 1. The molecule has 1 aromatic carbocycles. The molecule has 0 amide bonds. The van der Waals surface area contributed by atoms with E-state index in [1.54, 1.807) is 13.2 Å². The number of benzene rings is 1. The number of pyridine rings is 1. The molecule has 1 N–H and O–H groups in total. The standard InChI is InChI=1S/C18H20N2O3/c1-12-5-3-7-15-14(12)9-10-20(17(15)18(21)22)11-13-6-4-8-16(19-13)23-2/h3-8,17H,9-11H2,1-2H3,(H,21,22). The first-order valence-corrected chi connectivity index (χ1v) is 7.65. The van der Waals surface area contributed by atoms with E-state index in [1.165, 1.54) is 0 Å². The molecule has 1 aliphatic rings. The van der Waals surface area contributed by atoms with E-state index in [1.807, 2.05) is 42.2 Å². The second kappa shape index (κ2) is 6.38. The van der Waals surface area contributed by atoms with E-state index in [-0.39, 0.29) is 0 Å². The van der Waals surface area contributed by atoms with Gasteiger partial charge in [-0.2, -0.15) is 0 Å². The minimum absolute atomic E-state index is 0.488. The number of rotatable bonds is 4. The zero-order chi connectivity index (χ0) is 16.4. The molecule has 5 nitrogen and oxygen atoms in total. The Hall–Kier alpha value is -2.40. The van der Waals surface area contributed by atoms with Crippen LogP contribution in [0.1, 0.15) is 28.4 Å². The number of hydrogen-bond acceptors (Lipinski definition) is 4. The van der Waals surface area contributed by atoms with Gasteiger partial charge in [-0.25, -0.2) is 4.98 Å². The average Bonchev–Trinajstić information content (AvgIpc) is 2.54. The van der Waals surface area contributed by atoms with Gasteiger partial charge in [0.1, 0.15) is 6.04 Å². The lowest BCUT2D eigenvalue weighted by Gasteiger charge is -2.35. The Labute approximate surface area is 135 Å². The zero-order valence-electron chi connectivity index (χ0n) is 13.3. The molecule has 0 radical (unpaired) electrons. The second-order valence-corrected chi connectivity index (χ2v) is 5.78. The predicted molar refractivity (Wildman–Crippen MR) is 86.5 cm³/mol. The van der Waals surface area contributed by atoms with Crippen molar-refractivity contribution < 1.29 is 14.6 Å². The maximum atomic E-state index is 11.9. The van der Waals surface area contributed by atoms with Crippen LogP contribution < -0.4 is 4.74 Å². The van der Waals surface area contributed by atoms with E-state index in [0.717, 1.165) is 28.8 Å². The molecule has 1 aromatic heterocycles. The van der Waals surface area contributed by atoms with Crippen molar-refractivity contribution in [3.63, 3.8) is 0 Å². The first-order valence-electron chi connectivity index (χ1n) is 7.65. The van der Waals surface area contributed by atoms with Gasteiger partial charge in [-0.1, -0.05) is 24.3 Å². The van der Waals surface area contributed by atoms with Gasteiger partial charge in [0.05, 0.1) is 12.8 Å². The first kappa shape index (κ1) is 15.5. The fraction of sp³-hybridized carbons (Fsp3) is 0.333. The van der Waals surface area contributed by atoms with Gasteiger partial charge in [-0.3, -0.25) is 9.69 Å². The molecule has 120 valence electrons. The average molecular weight is 312 g/mol. The number of aliphatic carboxylic acids is 1. The summed E-state index contributed by atoms with van der Waals surface area (Å²) in [5.74, 6) is -0.276. The molecule has 0 aliphatic carbocycles. The van der Waals surface area contributed by atoms with Crippen LogP contribution in [0.3, 0.4) is 0 Å². The van der Waals surface area contributed by atoms with Crippen LogP contribution in [-0.4, -0.2) is 34.6 Å². The Bertz CT molecular complexity index is 730. The van der Waals surface area contributed by atoms with Crippen molar-refractivity contribution in [3.05, 3.63) is 58.8 Å². The summed E-state index contributed by atoms with van der Waals surface area (Å²) in [6, 6.07) is 10.8. The summed E-state index contributed by atoms with van der Waals surface area (Å²) < 4.78 is 5.14. The molecule has 1 unspecified atom stereocenters. The zero-order valence-corrected chi connectivity index (χ0v) is 13.3. The smallest absolute Gasteiger partial charge is 0.325 e. The van der Waals surface area contributed by atoms with Crippen LogP contribution in [0.15, 0.2) is 36.4 Å². The third-order valence-corrected chi connectivity index (χ3v) is 4.34. The Kier molecular flexibility index (Phi) is 4.30. The maximum absolute atomic E-state index is 11.9. The molecule has 0 saturated carbocycles. The molecular formula is C18H20N2O3. The highest BCUT2D eigenvalue weighted by Crippen LogP contribution is 2.32. The summed E-state index contributed by atoms with van der Waals surface area (Å²) in [7, 11) is 1.58. The first-order chi connectivity index (χ1) is 11.1. The highest BCUT2D eigenvalue weighted by atomic mass is 16.5. The molecule has 0 saturated heterocycles. The topological polar surface area (TPSA) is 62.7 Å². The van der Waals surface area contributed by atoms with E-state index >= 15 is 0 Å². The number of carboxylic acid groups (broad SMARTS) is 1. The second-order valence-electron chi connectivity index (χ2n) is 5.78. The van der Waals surface area contributed by atoms with E-state index in [2.05, 4.69) is 4.98 Å². The quantitative estimate of drug-likeness (QED) is 0.940. The molecule has 0 bridgehead atoms. The van der Waals surface area contributed by atoms with Crippen LogP contribution in [0.2, 0.25) is 0 Å². The fourth-order valence-corrected chi connectivity index (χ4v) is 3.23. The summed E-state index contributed by atoms with van der Waals surface area (Å²) in [5.41, 5.74) is 4.03. The lowest BCUT2D eigenvalue weighted by molar-refractivity contribution is -0.144. The van der Waals surface area contributed by atoms with E-state index in [0.29, 0.717) is 19.0 Å². The molecule has 0 fully saturated rings. The number of carboxylic acids is 1. The summed E-state index contributed by atoms with van der Waals surface area (Å²) in [5, 5.41) is 9.74. The lowest BCUT2D eigenvalue weighted by Crippen LogP contribution is -2.39. The summed E-state index contributed by atoms with van der Waals surface area (Å²) in [6.45, 7) is 3.23. The fourth-order valence-electron chi connectivity index (χ4n) is 3.23. The molecule has 1 atom stereocenters. The lowest BCUT2D eigenvalue weighted by atomic mass is 9.89. The van der Waals surface area contributed by atoms with Gasteiger partial charge in [0.2, 0.25) is 5.88 Å². The summed E-state index contributed by atoms with van der Waals surface area (Å²) in [6.07, 6.45) is 0.857. The Balaban J connectivity index is 1.92. The van der Waals surface area contributed by atoms with Crippen molar-refractivity contribution in [1.29, 1.82) is 0 Å². The number of aryl methyl sites for hydroxylation is 1. The minimum Gasteiger partial charge on any atom is -0.481 e. The Morgan fingerprint density at radius 3 is 2.87 bits per heavy atom. The number of carbonyl (C=O) groups is 1. The molecular weight excluding hydrogens is 292 g/mol. The molecule has 0 spiro atoms. The monoisotopic (exact) mass is 312 g/mol. The van der Waals surface area contributed by atoms with Gasteiger partial charge >= 0.3 is 5.97 Å². The van der Waals surface area contributed by atoms with Crippen molar-refractivity contribution in [2.75, 3.05) is 13.7 Å². The van der Waals surface area contributed by atoms with Crippen LogP contribution in [0, 0.1) is 6.92 Å². The minimum atomic E-state index is -0.820. The third kappa shape index (κ3) is 3.05. The van der Waals surface area contributed by atoms with Crippen LogP contribution in [0.25, 0.3) is 0 Å². The maximum Gasteiger partial charge on any atom is 0.325 e. The van der Waals surface area contributed by atoms with Gasteiger partial charge in [0.25, 0.3) is 0 Å². The number of ether oxygens (including phenoxy) is 1. The molecule has 2 heterocycles. The highest BCUT2D eigenvalue weighted by Gasteiger charge is 2.33. The van der Waals surface area contributed by atoms with Crippen LogP contribution >= 0.6 is 0 Å². The van der Waals surface area contributed by atoms with Crippen molar-refractivity contribution in [2.24, 2.45) is 0 Å². The van der Waals surface area contributed by atoms with Gasteiger partial charge < -0.3 is 9.84 Å². The van der Waals surface area contributed by atoms with Crippen LogP contribution in [0.4, 0.5) is 0 Å². The molecule has 2 aromatic rings. The van der Waals surface area contributed by atoms with E-state index < -0.39 is 12.0 Å². The van der Waals surface area contributed by atoms with E-state index in [4.69, 9.17) is 4.74 Å². The molecule has 5 heteroatoms. The van der Waals surface area contributed by atoms with Crippen molar-refractivity contribution in [1.82, 2.24) is 9.88 Å². The number of nitrogens with zero attached hydrogens (tertiary/aromatic N) is 2. The van der Waals surface area contributed by atoms with Gasteiger partial charge in [0.15, 0.2) is 0 Å². The number of fused-ring (bicyclic) bond motifs is 1. The van der Waals surface area contributed by atoms with Crippen molar-refractivity contribution in [3.8, 4) is 5.88 Å². The van der Waals surface area contributed by atoms with Crippen LogP contribution in [0.5, 0.6) is 5.88 Å². The summed E-state index contributed by atoms with van der Waals surface area (Å²) >= 11 is 0. The normalized spacial score (nSPS) is 17.6.